The van der Waals surface area contributed by atoms with Crippen molar-refractivity contribution in [3.05, 3.63) is 29.8 Å². The molecule has 1 heterocycles. The van der Waals surface area contributed by atoms with Gasteiger partial charge in [-0.1, -0.05) is 26.0 Å². The van der Waals surface area contributed by atoms with Crippen LogP contribution in [-0.2, 0) is 0 Å². The lowest BCUT2D eigenvalue weighted by molar-refractivity contribution is 0.0755. The van der Waals surface area contributed by atoms with Crippen LogP contribution in [0, 0.1) is 0 Å². The van der Waals surface area contributed by atoms with Gasteiger partial charge < -0.3 is 4.90 Å². The normalized spacial score (nSPS) is 10.5. The van der Waals surface area contributed by atoms with Gasteiger partial charge in [0.15, 0.2) is 5.82 Å². The largest absolute Gasteiger partial charge is 0.339 e. The number of aromatic nitrogens is 4. The van der Waals surface area contributed by atoms with Gasteiger partial charge in [0.1, 0.15) is 0 Å². The Morgan fingerprint density at radius 1 is 1.15 bits per heavy atom. The zero-order valence-corrected chi connectivity index (χ0v) is 11.8. The summed E-state index contributed by atoms with van der Waals surface area (Å²) < 4.78 is 0. The maximum Gasteiger partial charge on any atom is 0.253 e. The molecule has 106 valence electrons. The van der Waals surface area contributed by atoms with E-state index < -0.39 is 0 Å². The summed E-state index contributed by atoms with van der Waals surface area (Å²) in [5.74, 6) is 0.680. The molecular weight excluding hydrogens is 254 g/mol. The molecule has 0 fully saturated rings. The van der Waals surface area contributed by atoms with Crippen LogP contribution in [-0.4, -0.2) is 44.5 Å². The minimum absolute atomic E-state index is 0.0796. The summed E-state index contributed by atoms with van der Waals surface area (Å²) in [4.78, 5) is 14.3. The van der Waals surface area contributed by atoms with Crippen LogP contribution >= 0.6 is 0 Å². The number of carbonyl (C=O) groups is 1. The fraction of sp³-hybridized carbons (Fsp3) is 0.429. The predicted octanol–water partition coefficient (Wildman–Crippen LogP) is 2.13. The Balaban J connectivity index is 2.14. The summed E-state index contributed by atoms with van der Waals surface area (Å²) in [5.41, 5.74) is 1.56. The molecule has 1 aromatic carbocycles. The highest BCUT2D eigenvalue weighted by molar-refractivity contribution is 5.94. The van der Waals surface area contributed by atoms with Gasteiger partial charge in [0.05, 0.1) is 0 Å². The third-order valence-electron chi connectivity index (χ3n) is 3.02. The highest BCUT2D eigenvalue weighted by Gasteiger charge is 2.14. The minimum atomic E-state index is 0.0796. The molecule has 0 aliphatic heterocycles. The Kier molecular flexibility index (Phi) is 4.81. The standard InChI is InChI=1S/C14H19N5O/c1-3-9-19(10-4-2)14(20)12-7-5-11(6-8-12)13-15-17-18-16-13/h5-8H,3-4,9-10H2,1-2H3,(H,15,16,17,18). The molecule has 1 N–H and O–H groups in total. The molecular formula is C14H19N5O. The van der Waals surface area contributed by atoms with E-state index in [-0.39, 0.29) is 5.91 Å². The Morgan fingerprint density at radius 2 is 1.80 bits per heavy atom. The third kappa shape index (κ3) is 3.20. The van der Waals surface area contributed by atoms with E-state index >= 15 is 0 Å². The van der Waals surface area contributed by atoms with E-state index in [0.717, 1.165) is 31.5 Å². The molecule has 1 aromatic heterocycles. The number of benzene rings is 1. The second kappa shape index (κ2) is 6.79. The number of hydrogen-bond acceptors (Lipinski definition) is 4. The highest BCUT2D eigenvalue weighted by atomic mass is 16.2. The fourth-order valence-electron chi connectivity index (χ4n) is 2.09. The molecule has 0 aliphatic carbocycles. The molecule has 0 atom stereocenters. The van der Waals surface area contributed by atoms with E-state index in [1.807, 2.05) is 29.2 Å². The molecule has 1 amide bonds. The lowest BCUT2D eigenvalue weighted by atomic mass is 10.1. The summed E-state index contributed by atoms with van der Waals surface area (Å²) in [6, 6.07) is 7.34. The van der Waals surface area contributed by atoms with Gasteiger partial charge in [0.25, 0.3) is 5.91 Å². The van der Waals surface area contributed by atoms with Crippen molar-refractivity contribution in [2.24, 2.45) is 0 Å². The second-order valence-electron chi connectivity index (χ2n) is 4.62. The van der Waals surface area contributed by atoms with E-state index in [2.05, 4.69) is 34.5 Å². The number of tetrazole rings is 1. The van der Waals surface area contributed by atoms with Crippen molar-refractivity contribution < 1.29 is 4.79 Å². The van der Waals surface area contributed by atoms with Crippen LogP contribution in [0.5, 0.6) is 0 Å². The zero-order chi connectivity index (χ0) is 14.4. The van der Waals surface area contributed by atoms with Crippen LogP contribution in [0.4, 0.5) is 0 Å². The molecule has 0 saturated heterocycles. The first kappa shape index (κ1) is 14.2. The van der Waals surface area contributed by atoms with Gasteiger partial charge in [-0.25, -0.2) is 5.10 Å². The van der Waals surface area contributed by atoms with E-state index in [1.165, 1.54) is 0 Å². The van der Waals surface area contributed by atoms with Crippen molar-refractivity contribution in [3.8, 4) is 11.4 Å². The number of H-pyrrole nitrogens is 1. The monoisotopic (exact) mass is 273 g/mol. The summed E-state index contributed by atoms with van der Waals surface area (Å²) in [6.45, 7) is 5.74. The van der Waals surface area contributed by atoms with Gasteiger partial charge in [-0.05, 0) is 35.4 Å². The number of amides is 1. The van der Waals surface area contributed by atoms with Gasteiger partial charge in [0.2, 0.25) is 0 Å². The lowest BCUT2D eigenvalue weighted by Gasteiger charge is -2.21. The fourth-order valence-corrected chi connectivity index (χ4v) is 2.09. The van der Waals surface area contributed by atoms with Gasteiger partial charge in [-0.15, -0.1) is 5.10 Å². The number of aromatic amines is 1. The maximum atomic E-state index is 12.4. The van der Waals surface area contributed by atoms with Crippen molar-refractivity contribution in [1.82, 2.24) is 25.5 Å². The van der Waals surface area contributed by atoms with Crippen LogP contribution in [0.25, 0.3) is 11.4 Å². The van der Waals surface area contributed by atoms with Crippen LogP contribution in [0.1, 0.15) is 37.0 Å². The predicted molar refractivity (Wildman–Crippen MR) is 76.1 cm³/mol. The first-order valence-corrected chi connectivity index (χ1v) is 6.89. The van der Waals surface area contributed by atoms with E-state index in [4.69, 9.17) is 0 Å². The van der Waals surface area contributed by atoms with Crippen molar-refractivity contribution in [1.29, 1.82) is 0 Å². The zero-order valence-electron chi connectivity index (χ0n) is 11.8. The van der Waals surface area contributed by atoms with Crippen LogP contribution in [0.15, 0.2) is 24.3 Å². The Labute approximate surface area is 118 Å². The van der Waals surface area contributed by atoms with E-state index in [1.54, 1.807) is 0 Å². The van der Waals surface area contributed by atoms with E-state index in [0.29, 0.717) is 11.4 Å². The van der Waals surface area contributed by atoms with Crippen LogP contribution in [0.2, 0.25) is 0 Å². The van der Waals surface area contributed by atoms with Gasteiger partial charge in [-0.2, -0.15) is 0 Å². The Hall–Kier alpha value is -2.24. The molecule has 0 bridgehead atoms. The van der Waals surface area contributed by atoms with Crippen LogP contribution < -0.4 is 0 Å². The number of nitrogens with zero attached hydrogens (tertiary/aromatic N) is 4. The lowest BCUT2D eigenvalue weighted by Crippen LogP contribution is -2.32. The Morgan fingerprint density at radius 3 is 2.30 bits per heavy atom. The maximum absolute atomic E-state index is 12.4. The van der Waals surface area contributed by atoms with Crippen LogP contribution in [0.3, 0.4) is 0 Å². The number of rotatable bonds is 6. The van der Waals surface area contributed by atoms with E-state index in [9.17, 15) is 4.79 Å². The first-order chi connectivity index (χ1) is 9.76. The summed E-state index contributed by atoms with van der Waals surface area (Å²) >= 11 is 0. The van der Waals surface area contributed by atoms with Gasteiger partial charge in [-0.3, -0.25) is 4.79 Å². The van der Waals surface area contributed by atoms with Crippen molar-refractivity contribution >= 4 is 5.91 Å². The molecule has 0 aliphatic rings. The SMILES string of the molecule is CCCN(CCC)C(=O)c1ccc(-c2nnn[nH]2)cc1. The second-order valence-corrected chi connectivity index (χ2v) is 4.62. The summed E-state index contributed by atoms with van der Waals surface area (Å²) in [7, 11) is 0. The van der Waals surface area contributed by atoms with Gasteiger partial charge >= 0.3 is 0 Å². The molecule has 0 spiro atoms. The molecule has 2 aromatic rings. The first-order valence-electron chi connectivity index (χ1n) is 6.89. The molecule has 20 heavy (non-hydrogen) atoms. The van der Waals surface area contributed by atoms with Crippen molar-refractivity contribution in [2.75, 3.05) is 13.1 Å². The minimum Gasteiger partial charge on any atom is -0.339 e. The summed E-state index contributed by atoms with van der Waals surface area (Å²) in [5, 5.41) is 13.6. The quantitative estimate of drug-likeness (QED) is 0.874. The molecule has 0 saturated carbocycles. The molecule has 0 unspecified atom stereocenters. The smallest absolute Gasteiger partial charge is 0.253 e. The number of hydrogen-bond donors (Lipinski definition) is 1. The van der Waals surface area contributed by atoms with Gasteiger partial charge in [0, 0.05) is 24.2 Å². The molecule has 6 nitrogen and oxygen atoms in total. The molecule has 0 radical (unpaired) electrons. The van der Waals surface area contributed by atoms with Crippen molar-refractivity contribution in [2.45, 2.75) is 26.7 Å². The highest BCUT2D eigenvalue weighted by Crippen LogP contribution is 2.15. The number of nitrogens with one attached hydrogen (secondary N) is 1. The molecule has 2 rings (SSSR count). The average molecular weight is 273 g/mol. The Bertz CT molecular complexity index is 529. The third-order valence-corrected chi connectivity index (χ3v) is 3.02. The topological polar surface area (TPSA) is 74.8 Å². The number of carbonyl (C=O) groups excluding carboxylic acids is 1. The van der Waals surface area contributed by atoms with Crippen molar-refractivity contribution in [3.63, 3.8) is 0 Å². The summed E-state index contributed by atoms with van der Waals surface area (Å²) in [6.07, 6.45) is 1.93. The molecule has 6 heteroatoms. The average Bonchev–Trinajstić information content (AvgIpc) is 3.01.